The number of hydrogen-bond donors (Lipinski definition) is 1. The highest BCUT2D eigenvalue weighted by Crippen LogP contribution is 2.42. The predicted molar refractivity (Wildman–Crippen MR) is 107 cm³/mol. The Labute approximate surface area is 165 Å². The number of likely N-dealkylation sites (tertiary alicyclic amines) is 1. The molecule has 4 rings (SSSR count). The fraction of sp³-hybridized carbons (Fsp3) is 0.476. The highest BCUT2D eigenvalue weighted by molar-refractivity contribution is 5.81. The van der Waals surface area contributed by atoms with Gasteiger partial charge >= 0.3 is 0 Å². The minimum absolute atomic E-state index is 0.0808. The maximum atomic E-state index is 12.8. The number of aromatic nitrogens is 2. The summed E-state index contributed by atoms with van der Waals surface area (Å²) in [7, 11) is 1.94. The number of fused-ring (bicyclic) bond motifs is 2. The zero-order chi connectivity index (χ0) is 19.7. The van der Waals surface area contributed by atoms with Gasteiger partial charge in [-0.2, -0.15) is 0 Å². The lowest BCUT2D eigenvalue weighted by atomic mass is 9.78. The zero-order valence-corrected chi connectivity index (χ0v) is 16.5. The maximum Gasteiger partial charge on any atom is 0.242 e. The van der Waals surface area contributed by atoms with Crippen LogP contribution < -0.4 is 4.90 Å². The molecule has 1 spiro atoms. The van der Waals surface area contributed by atoms with Crippen molar-refractivity contribution in [3.8, 4) is 0 Å². The van der Waals surface area contributed by atoms with Crippen LogP contribution in [0.25, 0.3) is 0 Å². The summed E-state index contributed by atoms with van der Waals surface area (Å²) < 4.78 is 0. The molecule has 1 N–H and O–H groups in total. The van der Waals surface area contributed by atoms with Crippen LogP contribution in [-0.4, -0.2) is 64.8 Å². The topological polar surface area (TPSA) is 72.5 Å². The second-order valence-electron chi connectivity index (χ2n) is 7.75. The summed E-state index contributed by atoms with van der Waals surface area (Å²) in [4.78, 5) is 38.8. The van der Waals surface area contributed by atoms with Crippen LogP contribution in [0.15, 0.2) is 36.7 Å². The van der Waals surface area contributed by atoms with Crippen molar-refractivity contribution in [2.24, 2.45) is 0 Å². The summed E-state index contributed by atoms with van der Waals surface area (Å²) in [6.45, 7) is 3.96. The third kappa shape index (κ3) is 3.15. The van der Waals surface area contributed by atoms with Gasteiger partial charge in [0, 0.05) is 51.4 Å². The molecule has 1 fully saturated rings. The zero-order valence-electron chi connectivity index (χ0n) is 16.5. The number of amides is 2. The number of piperidine rings is 1. The maximum absolute atomic E-state index is 12.8. The number of likely N-dealkylation sites (N-methyl/N-ethyl adjacent to an activating group) is 1. The largest absolute Gasteiger partial charge is 0.365 e. The number of anilines is 1. The van der Waals surface area contributed by atoms with E-state index in [-0.39, 0.29) is 17.4 Å². The van der Waals surface area contributed by atoms with Gasteiger partial charge in [-0.05, 0) is 25.0 Å². The Kier molecular flexibility index (Phi) is 4.83. The number of nitrogens with zero attached hydrogens (tertiary/aromatic N) is 4. The number of para-hydroxylation sites is 1. The molecule has 0 unspecified atom stereocenters. The number of aromatic amines is 1. The summed E-state index contributed by atoms with van der Waals surface area (Å²) in [5.74, 6) is 0.200. The van der Waals surface area contributed by atoms with Crippen LogP contribution >= 0.6 is 0 Å². The van der Waals surface area contributed by atoms with Gasteiger partial charge in [0.05, 0.1) is 24.1 Å². The SMILES string of the molecule is CC(=O)N1CCc2[nH]cnc2C12CCN(C(=O)CN(C)c1ccccc1)CC2. The molecule has 2 aliphatic rings. The van der Waals surface area contributed by atoms with Crippen molar-refractivity contribution >= 4 is 17.5 Å². The Morgan fingerprint density at radius 2 is 1.89 bits per heavy atom. The number of nitrogens with one attached hydrogen (secondary N) is 1. The van der Waals surface area contributed by atoms with Gasteiger partial charge in [-0.1, -0.05) is 18.2 Å². The summed E-state index contributed by atoms with van der Waals surface area (Å²) in [5, 5.41) is 0. The van der Waals surface area contributed by atoms with Crippen LogP contribution in [0.3, 0.4) is 0 Å². The van der Waals surface area contributed by atoms with Crippen molar-refractivity contribution in [2.75, 3.05) is 38.1 Å². The molecule has 28 heavy (non-hydrogen) atoms. The number of H-pyrrole nitrogens is 1. The molecule has 0 bridgehead atoms. The van der Waals surface area contributed by atoms with E-state index in [1.807, 2.05) is 52.1 Å². The van der Waals surface area contributed by atoms with Crippen LogP contribution in [0.4, 0.5) is 5.69 Å². The minimum Gasteiger partial charge on any atom is -0.365 e. The normalized spacial score (nSPS) is 18.1. The highest BCUT2D eigenvalue weighted by Gasteiger charge is 2.48. The first-order valence-corrected chi connectivity index (χ1v) is 9.86. The number of imidazole rings is 1. The molecule has 1 aromatic heterocycles. The molecular weight excluding hydrogens is 354 g/mol. The summed E-state index contributed by atoms with van der Waals surface area (Å²) >= 11 is 0. The molecule has 0 atom stereocenters. The number of rotatable bonds is 3. The predicted octanol–water partition coefficient (Wildman–Crippen LogP) is 1.77. The highest BCUT2D eigenvalue weighted by atomic mass is 16.2. The molecular formula is C21H27N5O2. The van der Waals surface area contributed by atoms with Crippen LogP contribution in [0.2, 0.25) is 0 Å². The number of carbonyl (C=O) groups excluding carboxylic acids is 2. The lowest BCUT2D eigenvalue weighted by molar-refractivity contribution is -0.142. The van der Waals surface area contributed by atoms with E-state index in [1.54, 1.807) is 13.3 Å². The van der Waals surface area contributed by atoms with Gasteiger partial charge in [0.1, 0.15) is 0 Å². The van der Waals surface area contributed by atoms with E-state index in [9.17, 15) is 9.59 Å². The van der Waals surface area contributed by atoms with Crippen molar-refractivity contribution in [3.05, 3.63) is 48.0 Å². The van der Waals surface area contributed by atoms with E-state index >= 15 is 0 Å². The fourth-order valence-electron chi connectivity index (χ4n) is 4.65. The molecule has 2 aliphatic heterocycles. The first-order valence-electron chi connectivity index (χ1n) is 9.86. The van der Waals surface area contributed by atoms with E-state index in [0.717, 1.165) is 36.3 Å². The van der Waals surface area contributed by atoms with Gasteiger partial charge in [-0.15, -0.1) is 0 Å². The molecule has 2 amide bonds. The van der Waals surface area contributed by atoms with Gasteiger partial charge in [0.25, 0.3) is 0 Å². The van der Waals surface area contributed by atoms with Crippen molar-refractivity contribution in [1.29, 1.82) is 0 Å². The quantitative estimate of drug-likeness (QED) is 0.880. The lowest BCUT2D eigenvalue weighted by Gasteiger charge is -2.50. The van der Waals surface area contributed by atoms with Crippen molar-refractivity contribution < 1.29 is 9.59 Å². The van der Waals surface area contributed by atoms with Gasteiger partial charge in [-0.3, -0.25) is 9.59 Å². The first kappa shape index (κ1) is 18.5. The Morgan fingerprint density at radius 3 is 2.57 bits per heavy atom. The Morgan fingerprint density at radius 1 is 1.18 bits per heavy atom. The second kappa shape index (κ2) is 7.30. The van der Waals surface area contributed by atoms with Gasteiger partial charge in [0.15, 0.2) is 0 Å². The molecule has 148 valence electrons. The average Bonchev–Trinajstić information content (AvgIpc) is 3.19. The molecule has 0 saturated carbocycles. The molecule has 2 aromatic rings. The molecule has 1 aromatic carbocycles. The van der Waals surface area contributed by atoms with Crippen LogP contribution in [0.5, 0.6) is 0 Å². The van der Waals surface area contributed by atoms with E-state index in [2.05, 4.69) is 9.97 Å². The van der Waals surface area contributed by atoms with Crippen LogP contribution in [0, 0.1) is 0 Å². The molecule has 7 heteroatoms. The fourth-order valence-corrected chi connectivity index (χ4v) is 4.65. The third-order valence-corrected chi connectivity index (χ3v) is 6.15. The smallest absolute Gasteiger partial charge is 0.242 e. The van der Waals surface area contributed by atoms with Crippen molar-refractivity contribution in [2.45, 2.75) is 31.7 Å². The van der Waals surface area contributed by atoms with E-state index in [1.165, 1.54) is 0 Å². The number of benzene rings is 1. The molecule has 0 aliphatic carbocycles. The molecule has 7 nitrogen and oxygen atoms in total. The van der Waals surface area contributed by atoms with E-state index in [0.29, 0.717) is 26.2 Å². The first-order chi connectivity index (χ1) is 13.5. The minimum atomic E-state index is -0.387. The summed E-state index contributed by atoms with van der Waals surface area (Å²) in [6, 6.07) is 9.93. The average molecular weight is 381 g/mol. The second-order valence-corrected chi connectivity index (χ2v) is 7.75. The van der Waals surface area contributed by atoms with Gasteiger partial charge in [-0.25, -0.2) is 4.98 Å². The Balaban J connectivity index is 1.46. The van der Waals surface area contributed by atoms with Crippen molar-refractivity contribution in [1.82, 2.24) is 19.8 Å². The monoisotopic (exact) mass is 381 g/mol. The van der Waals surface area contributed by atoms with Crippen molar-refractivity contribution in [3.63, 3.8) is 0 Å². The van der Waals surface area contributed by atoms with E-state index in [4.69, 9.17) is 0 Å². The van der Waals surface area contributed by atoms with Crippen LogP contribution in [-0.2, 0) is 21.5 Å². The molecule has 0 radical (unpaired) electrons. The summed E-state index contributed by atoms with van der Waals surface area (Å²) in [5.41, 5.74) is 2.76. The third-order valence-electron chi connectivity index (χ3n) is 6.15. The summed E-state index contributed by atoms with van der Waals surface area (Å²) in [6.07, 6.45) is 3.99. The Hall–Kier alpha value is -2.83. The standard InChI is InChI=1S/C21H27N5O2/c1-16(27)26-11-8-18-20(23-15-22-18)21(26)9-12-25(13-10-21)19(28)14-24(2)17-6-4-3-5-7-17/h3-7,15H,8-14H2,1-2H3,(H,22,23). The molecule has 3 heterocycles. The Bertz CT molecular complexity index is 855. The van der Waals surface area contributed by atoms with Gasteiger partial charge in [0.2, 0.25) is 11.8 Å². The molecule has 1 saturated heterocycles. The number of hydrogen-bond acceptors (Lipinski definition) is 4. The number of carbonyl (C=O) groups is 2. The van der Waals surface area contributed by atoms with Crippen LogP contribution in [0.1, 0.15) is 31.2 Å². The lowest BCUT2D eigenvalue weighted by Crippen LogP contribution is -2.59. The van der Waals surface area contributed by atoms with Gasteiger partial charge < -0.3 is 19.7 Å². The van der Waals surface area contributed by atoms with E-state index < -0.39 is 0 Å².